The molecule has 5 rings (SSSR count). The van der Waals surface area contributed by atoms with Crippen molar-refractivity contribution in [3.8, 4) is 0 Å². The third kappa shape index (κ3) is 4.56. The average molecular weight is 543 g/mol. The molecule has 1 unspecified atom stereocenters. The lowest BCUT2D eigenvalue weighted by atomic mass is 9.72. The number of aromatic nitrogens is 3. The first-order valence-corrected chi connectivity index (χ1v) is 12.9. The molecule has 208 valence electrons. The molecule has 2 N–H and O–H groups in total. The number of hydrogen-bond donors (Lipinski definition) is 2. The van der Waals surface area contributed by atoms with Crippen molar-refractivity contribution in [1.29, 1.82) is 0 Å². The summed E-state index contributed by atoms with van der Waals surface area (Å²) in [6.45, 7) is 11.9. The largest absolute Gasteiger partial charge is 0.384 e. The van der Waals surface area contributed by atoms with Gasteiger partial charge in [-0.1, -0.05) is 12.1 Å². The minimum atomic E-state index is -3.79. The highest BCUT2D eigenvalue weighted by molar-refractivity contribution is 5.90. The van der Waals surface area contributed by atoms with Crippen LogP contribution in [0.5, 0.6) is 0 Å². The third-order valence-corrected chi connectivity index (χ3v) is 7.81. The first-order chi connectivity index (χ1) is 18.1. The van der Waals surface area contributed by atoms with Crippen molar-refractivity contribution in [3.63, 3.8) is 0 Å². The Labute approximate surface area is 225 Å². The number of likely N-dealkylation sites (tertiary alicyclic amines) is 1. The van der Waals surface area contributed by atoms with E-state index in [2.05, 4.69) is 20.2 Å². The van der Waals surface area contributed by atoms with E-state index in [1.54, 1.807) is 20.8 Å². The standard InChI is InChI=1S/C28H33F3N6O2/c1-15(19-8-7-9-21(23(19)29)28(30,31)26(5,6)39)32-24-20-10-22(16(2)33-25(20)35-17(3)34-24)37-13-27(14-37)11-36(12-27)18(4)38/h7-10,15,39H,11-14H2,1-6H3,(H,32,33,34,35). The normalized spacial score (nSPS) is 17.7. The lowest BCUT2D eigenvalue weighted by molar-refractivity contribution is -0.170. The highest BCUT2D eigenvalue weighted by Gasteiger charge is 2.53. The van der Waals surface area contributed by atoms with Gasteiger partial charge in [-0.3, -0.25) is 4.79 Å². The highest BCUT2D eigenvalue weighted by Crippen LogP contribution is 2.44. The second kappa shape index (κ2) is 9.04. The van der Waals surface area contributed by atoms with Gasteiger partial charge < -0.3 is 20.2 Å². The van der Waals surface area contributed by atoms with E-state index in [1.807, 2.05) is 17.9 Å². The zero-order chi connectivity index (χ0) is 28.5. The number of carbonyl (C=O) groups is 1. The number of nitrogens with one attached hydrogen (secondary N) is 1. The fourth-order valence-corrected chi connectivity index (χ4v) is 5.53. The molecular formula is C28H33F3N6O2. The van der Waals surface area contributed by atoms with Crippen LogP contribution in [-0.2, 0) is 10.7 Å². The topological polar surface area (TPSA) is 94.5 Å². The molecule has 3 aromatic rings. The van der Waals surface area contributed by atoms with Crippen molar-refractivity contribution in [2.75, 3.05) is 36.4 Å². The van der Waals surface area contributed by atoms with E-state index in [4.69, 9.17) is 4.98 Å². The number of halogens is 3. The highest BCUT2D eigenvalue weighted by atomic mass is 19.3. The quantitative estimate of drug-likeness (QED) is 0.474. The van der Waals surface area contributed by atoms with Gasteiger partial charge in [0.2, 0.25) is 5.91 Å². The van der Waals surface area contributed by atoms with Crippen LogP contribution in [0.4, 0.5) is 24.7 Å². The number of fused-ring (bicyclic) bond motifs is 1. The van der Waals surface area contributed by atoms with Gasteiger partial charge in [0.1, 0.15) is 23.1 Å². The molecule has 39 heavy (non-hydrogen) atoms. The van der Waals surface area contributed by atoms with Gasteiger partial charge in [0.05, 0.1) is 28.4 Å². The van der Waals surface area contributed by atoms with E-state index in [9.17, 15) is 18.7 Å². The van der Waals surface area contributed by atoms with Crippen LogP contribution in [0.1, 0.15) is 56.4 Å². The van der Waals surface area contributed by atoms with Crippen LogP contribution in [0.2, 0.25) is 0 Å². The lowest BCUT2D eigenvalue weighted by Gasteiger charge is -2.60. The predicted octanol–water partition coefficient (Wildman–Crippen LogP) is 4.49. The van der Waals surface area contributed by atoms with Crippen molar-refractivity contribution < 1.29 is 23.1 Å². The number of anilines is 2. The molecule has 0 radical (unpaired) electrons. The Morgan fingerprint density at radius 2 is 1.79 bits per heavy atom. The number of pyridine rings is 1. The minimum Gasteiger partial charge on any atom is -0.384 e. The number of hydrogen-bond acceptors (Lipinski definition) is 7. The summed E-state index contributed by atoms with van der Waals surface area (Å²) in [5.41, 5.74) is -0.966. The van der Waals surface area contributed by atoms with Crippen LogP contribution in [0.3, 0.4) is 0 Å². The lowest BCUT2D eigenvalue weighted by Crippen LogP contribution is -2.73. The molecule has 2 aliphatic rings. The molecule has 2 aliphatic heterocycles. The zero-order valence-corrected chi connectivity index (χ0v) is 22.9. The first kappa shape index (κ1) is 27.1. The first-order valence-electron chi connectivity index (χ1n) is 12.9. The van der Waals surface area contributed by atoms with Crippen LogP contribution < -0.4 is 10.2 Å². The molecule has 2 fully saturated rings. The van der Waals surface area contributed by atoms with Gasteiger partial charge in [-0.15, -0.1) is 0 Å². The molecule has 0 aliphatic carbocycles. The summed E-state index contributed by atoms with van der Waals surface area (Å²) in [7, 11) is 0. The summed E-state index contributed by atoms with van der Waals surface area (Å²) in [6, 6.07) is 5.00. The molecule has 0 bridgehead atoms. The Bertz CT molecular complexity index is 1460. The minimum absolute atomic E-state index is 0.0193. The monoisotopic (exact) mass is 542 g/mol. The van der Waals surface area contributed by atoms with Crippen molar-refractivity contribution >= 4 is 28.4 Å². The average Bonchev–Trinajstić information content (AvgIpc) is 2.76. The van der Waals surface area contributed by atoms with Crippen LogP contribution in [0, 0.1) is 25.1 Å². The van der Waals surface area contributed by atoms with Crippen molar-refractivity contribution in [1.82, 2.24) is 19.9 Å². The van der Waals surface area contributed by atoms with E-state index in [-0.39, 0.29) is 16.9 Å². The Morgan fingerprint density at radius 1 is 1.13 bits per heavy atom. The molecule has 4 heterocycles. The molecule has 11 heteroatoms. The van der Waals surface area contributed by atoms with Crippen LogP contribution in [-0.4, -0.2) is 62.6 Å². The fraction of sp³-hybridized carbons (Fsp3) is 0.500. The summed E-state index contributed by atoms with van der Waals surface area (Å²) in [5.74, 6) is -3.91. The maximum absolute atomic E-state index is 15.4. The molecule has 2 saturated heterocycles. The predicted molar refractivity (Wildman–Crippen MR) is 142 cm³/mol. The Hall–Kier alpha value is -3.47. The Kier molecular flexibility index (Phi) is 6.28. The van der Waals surface area contributed by atoms with E-state index in [1.165, 1.54) is 12.1 Å². The van der Waals surface area contributed by atoms with E-state index in [0.29, 0.717) is 22.7 Å². The van der Waals surface area contributed by atoms with Gasteiger partial charge in [0, 0.05) is 44.1 Å². The van der Waals surface area contributed by atoms with E-state index in [0.717, 1.165) is 57.5 Å². The smallest absolute Gasteiger partial charge is 0.303 e. The maximum atomic E-state index is 15.4. The summed E-state index contributed by atoms with van der Waals surface area (Å²) in [4.78, 5) is 29.4. The number of amides is 1. The van der Waals surface area contributed by atoms with Crippen molar-refractivity contribution in [2.24, 2.45) is 5.41 Å². The van der Waals surface area contributed by atoms with Crippen molar-refractivity contribution in [2.45, 2.75) is 59.1 Å². The SMILES string of the molecule is CC(=O)N1CC2(C1)CN(c1cc3c(NC(C)c4cccc(C(F)(F)C(C)(C)O)c4F)nc(C)nc3nc1C)C2. The van der Waals surface area contributed by atoms with Gasteiger partial charge >= 0.3 is 5.92 Å². The number of nitrogens with zero attached hydrogens (tertiary/aromatic N) is 5. The fourth-order valence-electron chi connectivity index (χ4n) is 5.53. The molecule has 1 atom stereocenters. The molecule has 8 nitrogen and oxygen atoms in total. The van der Waals surface area contributed by atoms with Gasteiger partial charge in [0.15, 0.2) is 5.65 Å². The molecular weight excluding hydrogens is 509 g/mol. The number of carbonyl (C=O) groups excluding carboxylic acids is 1. The van der Waals surface area contributed by atoms with Gasteiger partial charge in [-0.05, 0) is 46.8 Å². The number of aliphatic hydroxyl groups is 1. The summed E-state index contributed by atoms with van der Waals surface area (Å²) >= 11 is 0. The number of benzene rings is 1. The molecule has 1 amide bonds. The molecule has 0 saturated carbocycles. The van der Waals surface area contributed by atoms with Crippen LogP contribution in [0.25, 0.3) is 11.0 Å². The third-order valence-electron chi connectivity index (χ3n) is 7.81. The van der Waals surface area contributed by atoms with Crippen LogP contribution in [0.15, 0.2) is 24.3 Å². The van der Waals surface area contributed by atoms with E-state index >= 15 is 4.39 Å². The van der Waals surface area contributed by atoms with E-state index < -0.39 is 28.9 Å². The summed E-state index contributed by atoms with van der Waals surface area (Å²) in [6.07, 6.45) is 0. The van der Waals surface area contributed by atoms with Gasteiger partial charge in [-0.25, -0.2) is 19.3 Å². The van der Waals surface area contributed by atoms with Gasteiger partial charge in [0.25, 0.3) is 0 Å². The summed E-state index contributed by atoms with van der Waals surface area (Å²) < 4.78 is 45.1. The maximum Gasteiger partial charge on any atom is 0.303 e. The van der Waals surface area contributed by atoms with Crippen LogP contribution >= 0.6 is 0 Å². The van der Waals surface area contributed by atoms with Gasteiger partial charge in [-0.2, -0.15) is 8.78 Å². The Balaban J connectivity index is 1.44. The summed E-state index contributed by atoms with van der Waals surface area (Å²) in [5, 5.41) is 13.8. The second-order valence-electron chi connectivity index (χ2n) is 11.5. The number of alkyl halides is 2. The Morgan fingerprint density at radius 3 is 2.41 bits per heavy atom. The number of aryl methyl sites for hydroxylation is 2. The molecule has 1 spiro atoms. The molecule has 1 aromatic carbocycles. The molecule has 2 aromatic heterocycles. The number of rotatable bonds is 6. The second-order valence-corrected chi connectivity index (χ2v) is 11.5. The zero-order valence-electron chi connectivity index (χ0n) is 22.9. The van der Waals surface area contributed by atoms with Crippen molar-refractivity contribution in [3.05, 3.63) is 52.7 Å².